The number of ether oxygens (including phenoxy) is 3. The quantitative estimate of drug-likeness (QED) is 0.211. The van der Waals surface area contributed by atoms with Crippen molar-refractivity contribution < 1.29 is 27.4 Å². The zero-order chi connectivity index (χ0) is 29.3. The summed E-state index contributed by atoms with van der Waals surface area (Å²) in [4.78, 5) is 2.16. The van der Waals surface area contributed by atoms with E-state index >= 15 is 0 Å². The van der Waals surface area contributed by atoms with Crippen LogP contribution in [0, 0.1) is 0 Å². The van der Waals surface area contributed by atoms with E-state index < -0.39 is 11.7 Å². The molecule has 0 bridgehead atoms. The molecule has 1 saturated heterocycles. The molecule has 1 aliphatic heterocycles. The third-order valence-corrected chi connectivity index (χ3v) is 8.31. The van der Waals surface area contributed by atoms with Gasteiger partial charge in [-0.15, -0.1) is 0 Å². The molecule has 42 heavy (non-hydrogen) atoms. The van der Waals surface area contributed by atoms with Crippen molar-refractivity contribution >= 4 is 5.69 Å². The molecule has 1 fully saturated rings. The number of nitrogens with zero attached hydrogens (tertiary/aromatic N) is 1. The molecule has 0 N–H and O–H groups in total. The molecule has 4 aromatic rings. The Labute approximate surface area is 244 Å². The predicted octanol–water partition coefficient (Wildman–Crippen LogP) is 8.72. The van der Waals surface area contributed by atoms with Crippen LogP contribution < -0.4 is 19.1 Å². The summed E-state index contributed by atoms with van der Waals surface area (Å²) in [6.45, 7) is 1.93. The number of hydrogen-bond acceptors (Lipinski definition) is 4. The first-order valence-corrected chi connectivity index (χ1v) is 14.4. The van der Waals surface area contributed by atoms with Crippen molar-refractivity contribution in [2.24, 2.45) is 0 Å². The van der Waals surface area contributed by atoms with Gasteiger partial charge >= 0.3 is 6.18 Å². The fraction of sp³-hybridized carbons (Fsp3) is 0.314. The molecular formula is C35H34F3NO3. The van der Waals surface area contributed by atoms with Gasteiger partial charge in [-0.05, 0) is 102 Å². The summed E-state index contributed by atoms with van der Waals surface area (Å²) in [7, 11) is 3.18. The van der Waals surface area contributed by atoms with E-state index in [4.69, 9.17) is 14.2 Å². The van der Waals surface area contributed by atoms with Gasteiger partial charge in [-0.1, -0.05) is 30.3 Å². The molecule has 1 aliphatic carbocycles. The Bertz CT molecular complexity index is 1550. The monoisotopic (exact) mass is 573 g/mol. The smallest absolute Gasteiger partial charge is 0.417 e. The summed E-state index contributed by atoms with van der Waals surface area (Å²) < 4.78 is 61.5. The minimum atomic E-state index is -4.53. The topological polar surface area (TPSA) is 30.9 Å². The summed E-state index contributed by atoms with van der Waals surface area (Å²) in [5, 5.41) is 0. The first-order valence-electron chi connectivity index (χ1n) is 14.4. The zero-order valence-corrected chi connectivity index (χ0v) is 23.9. The molecular weight excluding hydrogens is 539 g/mol. The average molecular weight is 574 g/mol. The van der Waals surface area contributed by atoms with Gasteiger partial charge < -0.3 is 19.1 Å². The lowest BCUT2D eigenvalue weighted by Crippen LogP contribution is -2.18. The zero-order valence-electron chi connectivity index (χ0n) is 23.9. The minimum absolute atomic E-state index is 0.140. The number of rotatable bonds is 8. The van der Waals surface area contributed by atoms with Gasteiger partial charge in [0.2, 0.25) is 0 Å². The number of anilines is 1. The van der Waals surface area contributed by atoms with Crippen molar-refractivity contribution in [3.63, 3.8) is 0 Å². The van der Waals surface area contributed by atoms with Gasteiger partial charge in [0.05, 0.1) is 19.8 Å². The average Bonchev–Trinajstić information content (AvgIpc) is 3.72. The highest BCUT2D eigenvalue weighted by molar-refractivity contribution is 5.86. The Balaban J connectivity index is 1.60. The van der Waals surface area contributed by atoms with E-state index in [-0.39, 0.29) is 12.2 Å². The lowest BCUT2D eigenvalue weighted by Gasteiger charge is -2.24. The third-order valence-electron chi connectivity index (χ3n) is 8.31. The second kappa shape index (κ2) is 11.6. The first-order chi connectivity index (χ1) is 20.4. The lowest BCUT2D eigenvalue weighted by atomic mass is 9.88. The van der Waals surface area contributed by atoms with Crippen molar-refractivity contribution in [3.05, 3.63) is 95.1 Å². The number of hydrogen-bond donors (Lipinski definition) is 0. The van der Waals surface area contributed by atoms with Crippen LogP contribution in [0.2, 0.25) is 0 Å². The molecule has 7 heteroatoms. The lowest BCUT2D eigenvalue weighted by molar-refractivity contribution is -0.137. The second-order valence-electron chi connectivity index (χ2n) is 10.9. The summed E-state index contributed by atoms with van der Waals surface area (Å²) in [6.07, 6.45) is -0.0337. The summed E-state index contributed by atoms with van der Waals surface area (Å²) in [5.41, 5.74) is 5.47. The fourth-order valence-electron chi connectivity index (χ4n) is 6.24. The van der Waals surface area contributed by atoms with Crippen LogP contribution in [-0.4, -0.2) is 27.3 Å². The number of halogens is 3. The number of methoxy groups -OCH3 is 2. The SMILES string of the molecule is COc1cc(OC)cc(-c2cc(-c3cc(N4CCCC4)ccc3C(F)(F)F)c(OCc3ccccc3)c3c2CCC3)c1. The van der Waals surface area contributed by atoms with E-state index in [9.17, 15) is 13.2 Å². The third kappa shape index (κ3) is 5.52. The van der Waals surface area contributed by atoms with Gasteiger partial charge in [-0.3, -0.25) is 0 Å². The largest absolute Gasteiger partial charge is 0.497 e. The van der Waals surface area contributed by atoms with E-state index in [1.54, 1.807) is 32.4 Å². The second-order valence-corrected chi connectivity index (χ2v) is 10.9. The van der Waals surface area contributed by atoms with Gasteiger partial charge in [0.15, 0.2) is 0 Å². The molecule has 0 radical (unpaired) electrons. The molecule has 2 aliphatic rings. The Hall–Kier alpha value is -4.13. The Morgan fingerprint density at radius 2 is 1.40 bits per heavy atom. The molecule has 0 atom stereocenters. The Morgan fingerprint density at radius 1 is 0.714 bits per heavy atom. The number of fused-ring (bicyclic) bond motifs is 1. The fourth-order valence-corrected chi connectivity index (χ4v) is 6.24. The minimum Gasteiger partial charge on any atom is -0.497 e. The van der Waals surface area contributed by atoms with Crippen molar-refractivity contribution in [1.82, 2.24) is 0 Å². The van der Waals surface area contributed by atoms with Crippen LogP contribution in [0.1, 0.15) is 41.5 Å². The van der Waals surface area contributed by atoms with E-state index in [1.165, 1.54) is 6.07 Å². The van der Waals surface area contributed by atoms with Gasteiger partial charge in [0.1, 0.15) is 23.9 Å². The maximum Gasteiger partial charge on any atom is 0.417 e. The van der Waals surface area contributed by atoms with Crippen molar-refractivity contribution in [1.29, 1.82) is 0 Å². The van der Waals surface area contributed by atoms with E-state index in [0.29, 0.717) is 22.8 Å². The van der Waals surface area contributed by atoms with Crippen LogP contribution in [0.25, 0.3) is 22.3 Å². The van der Waals surface area contributed by atoms with E-state index in [0.717, 1.165) is 78.7 Å². The molecule has 1 heterocycles. The van der Waals surface area contributed by atoms with Crippen molar-refractivity contribution in [2.75, 3.05) is 32.2 Å². The summed E-state index contributed by atoms with van der Waals surface area (Å²) in [5.74, 6) is 1.78. The van der Waals surface area contributed by atoms with Crippen LogP contribution >= 0.6 is 0 Å². The summed E-state index contributed by atoms with van der Waals surface area (Å²) in [6, 6.07) is 21.8. The van der Waals surface area contributed by atoms with E-state index in [1.807, 2.05) is 48.5 Å². The maximum atomic E-state index is 14.6. The standard InChI is InChI=1S/C35H34F3NO3/c1-40-26-17-24(18-27(20-26)41-2)30-21-32(31-19-25(39-15-6-7-16-39)13-14-33(31)35(36,37)38)34(29-12-8-11-28(29)30)42-22-23-9-4-3-5-10-23/h3-5,9-10,13-14,17-21H,6-8,11-12,15-16,22H2,1-2H3. The van der Waals surface area contributed by atoms with Crippen molar-refractivity contribution in [3.8, 4) is 39.5 Å². The van der Waals surface area contributed by atoms with E-state index in [2.05, 4.69) is 4.90 Å². The number of alkyl halides is 3. The van der Waals surface area contributed by atoms with Crippen LogP contribution in [-0.2, 0) is 25.6 Å². The highest BCUT2D eigenvalue weighted by Gasteiger charge is 2.36. The van der Waals surface area contributed by atoms with Gasteiger partial charge in [0, 0.05) is 30.4 Å². The molecule has 0 unspecified atom stereocenters. The van der Waals surface area contributed by atoms with Gasteiger partial charge in [0.25, 0.3) is 0 Å². The van der Waals surface area contributed by atoms with Crippen LogP contribution in [0.15, 0.2) is 72.8 Å². The van der Waals surface area contributed by atoms with Crippen LogP contribution in [0.5, 0.6) is 17.2 Å². The highest BCUT2D eigenvalue weighted by Crippen LogP contribution is 2.49. The summed E-state index contributed by atoms with van der Waals surface area (Å²) >= 11 is 0. The molecule has 218 valence electrons. The maximum absolute atomic E-state index is 14.6. The molecule has 6 rings (SSSR count). The highest BCUT2D eigenvalue weighted by atomic mass is 19.4. The van der Waals surface area contributed by atoms with Gasteiger partial charge in [-0.25, -0.2) is 0 Å². The van der Waals surface area contributed by atoms with Crippen LogP contribution in [0.4, 0.5) is 18.9 Å². The van der Waals surface area contributed by atoms with Gasteiger partial charge in [-0.2, -0.15) is 13.2 Å². The molecule has 0 amide bonds. The van der Waals surface area contributed by atoms with Crippen molar-refractivity contribution in [2.45, 2.75) is 44.9 Å². The molecule has 4 aromatic carbocycles. The first kappa shape index (κ1) is 28.0. The molecule has 0 aromatic heterocycles. The Morgan fingerprint density at radius 3 is 2.07 bits per heavy atom. The molecule has 0 saturated carbocycles. The predicted molar refractivity (Wildman–Crippen MR) is 160 cm³/mol. The normalized spacial score (nSPS) is 14.6. The molecule has 4 nitrogen and oxygen atoms in total. The molecule has 0 spiro atoms. The number of benzene rings is 4. The van der Waals surface area contributed by atoms with Crippen LogP contribution in [0.3, 0.4) is 0 Å². The Kier molecular flexibility index (Phi) is 7.76.